The molecule has 2 unspecified atom stereocenters. The second-order valence-electron chi connectivity index (χ2n) is 7.52. The first kappa shape index (κ1) is 21.8. The average Bonchev–Trinajstić information content (AvgIpc) is 3.17. The molecular weight excluding hydrogens is 404 g/mol. The van der Waals surface area contributed by atoms with Gasteiger partial charge in [0.15, 0.2) is 0 Å². The number of piperidine rings is 1. The van der Waals surface area contributed by atoms with Gasteiger partial charge in [-0.1, -0.05) is 23.7 Å². The Morgan fingerprint density at radius 3 is 2.93 bits per heavy atom. The molecule has 1 aromatic heterocycles. The van der Waals surface area contributed by atoms with Gasteiger partial charge >= 0.3 is 0 Å². The first-order valence-electron chi connectivity index (χ1n) is 10.0. The molecule has 2 aromatic rings. The summed E-state index contributed by atoms with van der Waals surface area (Å²) in [6.45, 7) is 5.54. The number of hydrogen-bond donors (Lipinski definition) is 1. The molecule has 5 nitrogen and oxygen atoms in total. The van der Waals surface area contributed by atoms with Crippen LogP contribution in [0.3, 0.4) is 0 Å². The molecule has 3 rings (SSSR count). The first-order chi connectivity index (χ1) is 14.0. The van der Waals surface area contributed by atoms with Gasteiger partial charge in [-0.3, -0.25) is 4.79 Å². The van der Waals surface area contributed by atoms with E-state index < -0.39 is 0 Å². The van der Waals surface area contributed by atoms with Crippen molar-refractivity contribution < 1.29 is 4.79 Å². The lowest BCUT2D eigenvalue weighted by Gasteiger charge is -2.36. The van der Waals surface area contributed by atoms with Gasteiger partial charge in [0.05, 0.1) is 11.1 Å². The van der Waals surface area contributed by atoms with E-state index in [9.17, 15) is 10.1 Å². The van der Waals surface area contributed by atoms with E-state index in [0.717, 1.165) is 29.8 Å². The van der Waals surface area contributed by atoms with Crippen LogP contribution in [0.2, 0.25) is 5.02 Å². The minimum atomic E-state index is -0.356. The Hall–Kier alpha value is -1.94. The number of nitrogens with zero attached hydrogens (tertiary/aromatic N) is 3. The summed E-state index contributed by atoms with van der Waals surface area (Å²) >= 11 is 7.78. The smallest absolute Gasteiger partial charge is 0.240 e. The fraction of sp³-hybridized carbons (Fsp3) is 0.455. The van der Waals surface area contributed by atoms with Gasteiger partial charge in [0.1, 0.15) is 11.8 Å². The molecule has 1 fully saturated rings. The summed E-state index contributed by atoms with van der Waals surface area (Å²) < 4.78 is 5.28. The number of amides is 1. The highest BCUT2D eigenvalue weighted by Gasteiger charge is 2.29. The summed E-state index contributed by atoms with van der Waals surface area (Å²) in [6, 6.07) is 11.5. The van der Waals surface area contributed by atoms with Crippen LogP contribution in [0.5, 0.6) is 0 Å². The van der Waals surface area contributed by atoms with Crippen LogP contribution < -0.4 is 4.72 Å². The fourth-order valence-corrected chi connectivity index (χ4v) is 4.92. The summed E-state index contributed by atoms with van der Waals surface area (Å²) in [5.41, 5.74) is 1.68. The van der Waals surface area contributed by atoms with E-state index in [2.05, 4.69) is 17.7 Å². The molecular formula is C22H27ClN4OS. The number of carbonyl (C=O) groups excluding carboxylic acids is 1. The summed E-state index contributed by atoms with van der Waals surface area (Å²) in [5.74, 6) is 0.125. The highest BCUT2D eigenvalue weighted by Crippen LogP contribution is 2.29. The highest BCUT2D eigenvalue weighted by molar-refractivity contribution is 7.97. The maximum absolute atomic E-state index is 13.4. The highest BCUT2D eigenvalue weighted by atomic mass is 35.5. The molecule has 1 amide bonds. The van der Waals surface area contributed by atoms with E-state index in [-0.39, 0.29) is 18.0 Å². The van der Waals surface area contributed by atoms with Gasteiger partial charge in [0.2, 0.25) is 5.91 Å². The van der Waals surface area contributed by atoms with Crippen LogP contribution in [-0.4, -0.2) is 34.0 Å². The van der Waals surface area contributed by atoms with Gasteiger partial charge in [-0.25, -0.2) is 4.72 Å². The van der Waals surface area contributed by atoms with Crippen LogP contribution in [-0.2, 0) is 11.3 Å². The van der Waals surface area contributed by atoms with Crippen molar-refractivity contribution in [1.29, 1.82) is 5.26 Å². The number of nitriles is 1. The number of rotatable bonds is 7. The summed E-state index contributed by atoms with van der Waals surface area (Å²) in [5, 5.41) is 9.93. The van der Waals surface area contributed by atoms with Crippen molar-refractivity contribution in [3.63, 3.8) is 0 Å². The largest absolute Gasteiger partial charge is 0.339 e. The molecule has 1 aliphatic heterocycles. The number of nitrogens with one attached hydrogen (secondary N) is 1. The van der Waals surface area contributed by atoms with Crippen LogP contribution in [0, 0.1) is 18.3 Å². The molecule has 2 heterocycles. The topological polar surface area (TPSA) is 61.1 Å². The molecule has 0 aliphatic carbocycles. The minimum Gasteiger partial charge on any atom is -0.339 e. The number of hydrogen-bond acceptors (Lipinski definition) is 4. The third-order valence-electron chi connectivity index (χ3n) is 5.45. The molecule has 0 spiro atoms. The van der Waals surface area contributed by atoms with E-state index >= 15 is 0 Å². The van der Waals surface area contributed by atoms with Crippen molar-refractivity contribution in [1.82, 2.24) is 14.2 Å². The van der Waals surface area contributed by atoms with Crippen LogP contribution >= 0.6 is 23.5 Å². The number of carbonyl (C=O) groups is 1. The maximum atomic E-state index is 13.4. The molecule has 29 heavy (non-hydrogen) atoms. The zero-order valence-corrected chi connectivity index (χ0v) is 18.5. The lowest BCUT2D eigenvalue weighted by Crippen LogP contribution is -2.50. The van der Waals surface area contributed by atoms with Crippen LogP contribution in [0.1, 0.15) is 43.9 Å². The summed E-state index contributed by atoms with van der Waals surface area (Å²) in [6.07, 6.45) is 5.75. The molecule has 1 saturated heterocycles. The molecule has 2 atom stereocenters. The molecule has 154 valence electrons. The Kier molecular flexibility index (Phi) is 7.65. The lowest BCUT2D eigenvalue weighted by atomic mass is 10.0. The van der Waals surface area contributed by atoms with Crippen molar-refractivity contribution >= 4 is 29.5 Å². The molecule has 0 radical (unpaired) electrons. The van der Waals surface area contributed by atoms with Gasteiger partial charge in [0, 0.05) is 30.2 Å². The molecule has 0 bridgehead atoms. The first-order valence-corrected chi connectivity index (χ1v) is 11.2. The van der Waals surface area contributed by atoms with Crippen LogP contribution in [0.4, 0.5) is 0 Å². The third-order valence-corrected chi connectivity index (χ3v) is 7.03. The molecule has 0 saturated carbocycles. The van der Waals surface area contributed by atoms with E-state index in [1.54, 1.807) is 6.07 Å². The fourth-order valence-electron chi connectivity index (χ4n) is 3.71. The Morgan fingerprint density at radius 2 is 2.21 bits per heavy atom. The zero-order valence-electron chi connectivity index (χ0n) is 16.9. The van der Waals surface area contributed by atoms with Gasteiger partial charge in [-0.2, -0.15) is 5.26 Å². The number of benzene rings is 1. The predicted octanol–water partition coefficient (Wildman–Crippen LogP) is 4.78. The summed E-state index contributed by atoms with van der Waals surface area (Å²) in [7, 11) is 0. The number of halogens is 1. The SMILES string of the molecule is Cc1cccc(Cl)c1SNC(CCn1cccc1C#N)C(=O)N1CCCCC1C. The molecule has 1 aromatic carbocycles. The monoisotopic (exact) mass is 430 g/mol. The second-order valence-corrected chi connectivity index (χ2v) is 8.78. The van der Waals surface area contributed by atoms with Crippen LogP contribution in [0.25, 0.3) is 0 Å². The zero-order chi connectivity index (χ0) is 20.8. The second kappa shape index (κ2) is 10.2. The van der Waals surface area contributed by atoms with E-state index in [1.165, 1.54) is 18.4 Å². The Morgan fingerprint density at radius 1 is 1.38 bits per heavy atom. The van der Waals surface area contributed by atoms with Crippen molar-refractivity contribution in [2.24, 2.45) is 0 Å². The number of aryl methyl sites for hydroxylation is 2. The molecule has 7 heteroatoms. The minimum absolute atomic E-state index is 0.125. The maximum Gasteiger partial charge on any atom is 0.240 e. The van der Waals surface area contributed by atoms with E-state index in [4.69, 9.17) is 11.6 Å². The third kappa shape index (κ3) is 5.36. The normalized spacial score (nSPS) is 17.7. The lowest BCUT2D eigenvalue weighted by molar-refractivity contribution is -0.136. The van der Waals surface area contributed by atoms with Crippen molar-refractivity contribution in [2.45, 2.75) is 63.1 Å². The Labute approximate surface area is 182 Å². The number of aromatic nitrogens is 1. The van der Waals surface area contributed by atoms with Crippen molar-refractivity contribution in [3.05, 3.63) is 52.8 Å². The van der Waals surface area contributed by atoms with E-state index in [0.29, 0.717) is 23.7 Å². The van der Waals surface area contributed by atoms with Gasteiger partial charge < -0.3 is 9.47 Å². The Balaban J connectivity index is 1.75. The molecule has 1 N–H and O–H groups in total. The van der Waals surface area contributed by atoms with Crippen molar-refractivity contribution in [2.75, 3.05) is 6.54 Å². The number of likely N-dealkylation sites (tertiary alicyclic amines) is 1. The van der Waals surface area contributed by atoms with Gasteiger partial charge in [0.25, 0.3) is 0 Å². The average molecular weight is 431 g/mol. The van der Waals surface area contributed by atoms with Gasteiger partial charge in [-0.15, -0.1) is 0 Å². The Bertz CT molecular complexity index is 871. The predicted molar refractivity (Wildman–Crippen MR) is 118 cm³/mol. The van der Waals surface area contributed by atoms with Crippen LogP contribution in [0.15, 0.2) is 41.4 Å². The standard InChI is InChI=1S/C22H27ClN4OS/c1-16-7-5-10-19(23)21(16)29-25-20(11-14-26-12-6-9-18(26)15-24)22(28)27-13-4-3-8-17(27)2/h5-7,9-10,12,17,20,25H,3-4,8,11,13-14H2,1-2H3. The molecule has 1 aliphatic rings. The quantitative estimate of drug-likeness (QED) is 0.642. The van der Waals surface area contributed by atoms with Gasteiger partial charge in [-0.05, 0) is 75.2 Å². The summed E-state index contributed by atoms with van der Waals surface area (Å²) in [4.78, 5) is 16.3. The van der Waals surface area contributed by atoms with Crippen molar-refractivity contribution in [3.8, 4) is 6.07 Å². The van der Waals surface area contributed by atoms with E-state index in [1.807, 2.05) is 46.9 Å².